The number of halogens is 1. The lowest BCUT2D eigenvalue weighted by molar-refractivity contribution is -0.132. The van der Waals surface area contributed by atoms with Crippen molar-refractivity contribution in [3.8, 4) is 22.5 Å². The molecule has 0 saturated carbocycles. The number of piperazine rings is 1. The van der Waals surface area contributed by atoms with Crippen molar-refractivity contribution in [3.63, 3.8) is 0 Å². The fourth-order valence-electron chi connectivity index (χ4n) is 4.23. The monoisotopic (exact) mass is 455 g/mol. The smallest absolute Gasteiger partial charge is 0.244 e. The SMILES string of the molecule is Cc1ccc(-c2cc(-c3ccccc3)n(CC(=O)N3CCN(c4ccccn4)CC3)n2)cc1F. The summed E-state index contributed by atoms with van der Waals surface area (Å²) in [6.07, 6.45) is 1.78. The van der Waals surface area contributed by atoms with Crippen LogP contribution in [0.2, 0.25) is 0 Å². The van der Waals surface area contributed by atoms with E-state index in [1.54, 1.807) is 23.9 Å². The number of pyridine rings is 1. The number of hydrogen-bond acceptors (Lipinski definition) is 4. The molecular weight excluding hydrogens is 429 g/mol. The highest BCUT2D eigenvalue weighted by atomic mass is 19.1. The van der Waals surface area contributed by atoms with Gasteiger partial charge in [-0.05, 0) is 42.3 Å². The fourth-order valence-corrected chi connectivity index (χ4v) is 4.23. The minimum atomic E-state index is -0.268. The van der Waals surface area contributed by atoms with Crippen LogP contribution in [0, 0.1) is 12.7 Å². The van der Waals surface area contributed by atoms with Crippen LogP contribution in [-0.2, 0) is 11.3 Å². The summed E-state index contributed by atoms with van der Waals surface area (Å²) in [5.41, 5.74) is 3.71. The summed E-state index contributed by atoms with van der Waals surface area (Å²) in [7, 11) is 0. The van der Waals surface area contributed by atoms with Crippen LogP contribution in [0.25, 0.3) is 22.5 Å². The van der Waals surface area contributed by atoms with E-state index in [0.717, 1.165) is 30.2 Å². The van der Waals surface area contributed by atoms with Crippen molar-refractivity contribution >= 4 is 11.7 Å². The summed E-state index contributed by atoms with van der Waals surface area (Å²) in [4.78, 5) is 21.7. The Balaban J connectivity index is 1.36. The van der Waals surface area contributed by atoms with Crippen molar-refractivity contribution in [3.05, 3.63) is 90.4 Å². The van der Waals surface area contributed by atoms with Gasteiger partial charge in [-0.2, -0.15) is 5.10 Å². The van der Waals surface area contributed by atoms with Crippen molar-refractivity contribution in [1.29, 1.82) is 0 Å². The molecule has 1 fully saturated rings. The number of rotatable bonds is 5. The zero-order chi connectivity index (χ0) is 23.5. The number of carbonyl (C=O) groups excluding carboxylic acids is 1. The molecule has 0 aliphatic carbocycles. The molecule has 2 aromatic carbocycles. The molecule has 1 amide bonds. The van der Waals surface area contributed by atoms with Crippen molar-refractivity contribution < 1.29 is 9.18 Å². The Kier molecular flexibility index (Phi) is 6.08. The Morgan fingerprint density at radius 1 is 0.912 bits per heavy atom. The van der Waals surface area contributed by atoms with Gasteiger partial charge in [0, 0.05) is 37.9 Å². The van der Waals surface area contributed by atoms with Gasteiger partial charge in [-0.3, -0.25) is 9.48 Å². The Bertz CT molecular complexity index is 1280. The number of nitrogens with zero attached hydrogens (tertiary/aromatic N) is 5. The third-order valence-corrected chi connectivity index (χ3v) is 6.21. The standard InChI is InChI=1S/C27H26FN5O/c1-20-10-11-22(17-23(20)28)24-18-25(21-7-3-2-4-8-21)33(30-24)19-27(34)32-15-13-31(14-16-32)26-9-5-6-12-29-26/h2-12,17-18H,13-16,19H2,1H3. The molecular formula is C27H26FN5O. The lowest BCUT2D eigenvalue weighted by Crippen LogP contribution is -2.49. The zero-order valence-electron chi connectivity index (χ0n) is 19.1. The van der Waals surface area contributed by atoms with E-state index in [1.807, 2.05) is 65.6 Å². The average molecular weight is 456 g/mol. The average Bonchev–Trinajstić information content (AvgIpc) is 3.30. The van der Waals surface area contributed by atoms with Crippen LogP contribution in [0.3, 0.4) is 0 Å². The largest absolute Gasteiger partial charge is 0.353 e. The predicted octanol–water partition coefficient (Wildman–Crippen LogP) is 4.41. The number of hydrogen-bond donors (Lipinski definition) is 0. The van der Waals surface area contributed by atoms with Crippen LogP contribution in [0.4, 0.5) is 10.2 Å². The predicted molar refractivity (Wildman–Crippen MR) is 131 cm³/mol. The van der Waals surface area contributed by atoms with Gasteiger partial charge in [-0.25, -0.2) is 9.37 Å². The first kappa shape index (κ1) is 21.8. The van der Waals surface area contributed by atoms with Gasteiger partial charge in [0.05, 0.1) is 11.4 Å². The van der Waals surface area contributed by atoms with Crippen LogP contribution in [0.5, 0.6) is 0 Å². The maximum Gasteiger partial charge on any atom is 0.244 e. The minimum absolute atomic E-state index is 0.0163. The topological polar surface area (TPSA) is 54.3 Å². The highest BCUT2D eigenvalue weighted by molar-refractivity contribution is 5.78. The highest BCUT2D eigenvalue weighted by Crippen LogP contribution is 2.27. The number of carbonyl (C=O) groups is 1. The fraction of sp³-hybridized carbons (Fsp3) is 0.222. The molecule has 172 valence electrons. The molecule has 7 heteroatoms. The number of benzene rings is 2. The molecule has 1 aliphatic heterocycles. The van der Waals surface area contributed by atoms with Crippen molar-refractivity contribution in [2.45, 2.75) is 13.5 Å². The second-order valence-electron chi connectivity index (χ2n) is 8.46. The van der Waals surface area contributed by atoms with E-state index >= 15 is 0 Å². The van der Waals surface area contributed by atoms with Crippen molar-refractivity contribution in [2.75, 3.05) is 31.1 Å². The van der Waals surface area contributed by atoms with Crippen LogP contribution in [0.1, 0.15) is 5.56 Å². The molecule has 0 bridgehead atoms. The molecule has 0 N–H and O–H groups in total. The van der Waals surface area contributed by atoms with Gasteiger partial charge < -0.3 is 9.80 Å². The van der Waals surface area contributed by atoms with Gasteiger partial charge in [0.1, 0.15) is 18.2 Å². The van der Waals surface area contributed by atoms with Gasteiger partial charge in [-0.1, -0.05) is 48.5 Å². The third-order valence-electron chi connectivity index (χ3n) is 6.21. The summed E-state index contributed by atoms with van der Waals surface area (Å²) in [6, 6.07) is 22.7. The molecule has 0 unspecified atom stereocenters. The molecule has 34 heavy (non-hydrogen) atoms. The summed E-state index contributed by atoms with van der Waals surface area (Å²) in [5, 5.41) is 4.71. The summed E-state index contributed by atoms with van der Waals surface area (Å²) >= 11 is 0. The number of anilines is 1. The molecule has 0 spiro atoms. The third kappa shape index (κ3) is 4.55. The molecule has 4 aromatic rings. The molecule has 1 saturated heterocycles. The maximum absolute atomic E-state index is 14.2. The highest BCUT2D eigenvalue weighted by Gasteiger charge is 2.23. The lowest BCUT2D eigenvalue weighted by Gasteiger charge is -2.35. The Morgan fingerprint density at radius 2 is 1.68 bits per heavy atom. The molecule has 0 radical (unpaired) electrons. The van der Waals surface area contributed by atoms with E-state index in [0.29, 0.717) is 29.9 Å². The Labute approximate surface area is 198 Å². The molecule has 3 heterocycles. The van der Waals surface area contributed by atoms with E-state index < -0.39 is 0 Å². The quantitative estimate of drug-likeness (QED) is 0.447. The molecule has 1 aliphatic rings. The van der Waals surface area contributed by atoms with Gasteiger partial charge in [0.15, 0.2) is 0 Å². The second-order valence-corrected chi connectivity index (χ2v) is 8.46. The summed E-state index contributed by atoms with van der Waals surface area (Å²) in [5.74, 6) is 0.681. The lowest BCUT2D eigenvalue weighted by atomic mass is 10.1. The van der Waals surface area contributed by atoms with Gasteiger partial charge in [-0.15, -0.1) is 0 Å². The first-order chi connectivity index (χ1) is 16.6. The van der Waals surface area contributed by atoms with Gasteiger partial charge in [0.25, 0.3) is 0 Å². The van der Waals surface area contributed by atoms with E-state index in [2.05, 4.69) is 9.88 Å². The van der Waals surface area contributed by atoms with Crippen molar-refractivity contribution in [1.82, 2.24) is 19.7 Å². The first-order valence-electron chi connectivity index (χ1n) is 11.4. The second kappa shape index (κ2) is 9.47. The van der Waals surface area contributed by atoms with Crippen LogP contribution in [0.15, 0.2) is 79.0 Å². The van der Waals surface area contributed by atoms with Crippen LogP contribution < -0.4 is 4.90 Å². The van der Waals surface area contributed by atoms with Crippen LogP contribution in [-0.4, -0.2) is 51.8 Å². The molecule has 2 aromatic heterocycles. The van der Waals surface area contributed by atoms with E-state index in [4.69, 9.17) is 5.10 Å². The van der Waals surface area contributed by atoms with Crippen LogP contribution >= 0.6 is 0 Å². The van der Waals surface area contributed by atoms with E-state index in [-0.39, 0.29) is 18.3 Å². The van der Waals surface area contributed by atoms with Crippen molar-refractivity contribution in [2.24, 2.45) is 0 Å². The molecule has 0 atom stereocenters. The molecule has 5 rings (SSSR count). The maximum atomic E-state index is 14.2. The van der Waals surface area contributed by atoms with E-state index in [9.17, 15) is 9.18 Å². The van der Waals surface area contributed by atoms with E-state index in [1.165, 1.54) is 6.07 Å². The first-order valence-corrected chi connectivity index (χ1v) is 11.4. The van der Waals surface area contributed by atoms with Gasteiger partial charge >= 0.3 is 0 Å². The zero-order valence-corrected chi connectivity index (χ0v) is 19.1. The van der Waals surface area contributed by atoms with Gasteiger partial charge in [0.2, 0.25) is 5.91 Å². The summed E-state index contributed by atoms with van der Waals surface area (Å²) in [6.45, 7) is 4.60. The summed E-state index contributed by atoms with van der Waals surface area (Å²) < 4.78 is 15.9. The number of aryl methyl sites for hydroxylation is 1. The Hall–Kier alpha value is -4.00. The number of aromatic nitrogens is 3. The normalized spacial score (nSPS) is 13.8. The molecule has 6 nitrogen and oxygen atoms in total. The number of amides is 1. The Morgan fingerprint density at radius 3 is 2.38 bits per heavy atom. The minimum Gasteiger partial charge on any atom is -0.353 e.